The average molecular weight is 380 g/mol. The van der Waals surface area contributed by atoms with E-state index in [4.69, 9.17) is 9.47 Å². The number of anilines is 1. The minimum atomic E-state index is -0.188. The van der Waals surface area contributed by atoms with Crippen molar-refractivity contribution in [1.82, 2.24) is 0 Å². The van der Waals surface area contributed by atoms with E-state index in [9.17, 15) is 4.39 Å². The molecular weight excluding hydrogens is 353 g/mol. The minimum absolute atomic E-state index is 0. The highest BCUT2D eigenvalue weighted by Crippen LogP contribution is 2.28. The van der Waals surface area contributed by atoms with Crippen LogP contribution >= 0.6 is 12.4 Å². The van der Waals surface area contributed by atoms with Gasteiger partial charge in [0.15, 0.2) is 0 Å². The normalized spacial score (nSPS) is 18.1. The number of halogens is 2. The Labute approximate surface area is 161 Å². The maximum Gasteiger partial charge on any atom is 0.125 e. The zero-order chi connectivity index (χ0) is 17.6. The molecule has 1 aliphatic heterocycles. The Hall–Kier alpha value is -1.78. The number of methoxy groups -OCH3 is 1. The molecule has 0 aliphatic carbocycles. The van der Waals surface area contributed by atoms with Gasteiger partial charge in [-0.15, -0.1) is 12.4 Å². The van der Waals surface area contributed by atoms with Gasteiger partial charge in [-0.25, -0.2) is 4.39 Å². The molecule has 1 unspecified atom stereocenters. The third-order valence-electron chi connectivity index (χ3n) is 4.96. The van der Waals surface area contributed by atoms with E-state index in [-0.39, 0.29) is 24.3 Å². The van der Waals surface area contributed by atoms with Crippen LogP contribution < -0.4 is 9.64 Å². The fraction of sp³-hybridized carbons (Fsp3) is 0.429. The summed E-state index contributed by atoms with van der Waals surface area (Å²) in [5.41, 5.74) is 2.23. The number of morpholine rings is 1. The van der Waals surface area contributed by atoms with Gasteiger partial charge < -0.3 is 14.4 Å². The summed E-state index contributed by atoms with van der Waals surface area (Å²) in [5, 5.41) is 0. The van der Waals surface area contributed by atoms with Gasteiger partial charge in [0.1, 0.15) is 11.6 Å². The standard InChI is InChI=1S/C21H26FNO2.ClH/c1-16(17-5-3-8-21(13-17)24-2)9-10-20-15-25-12-11-23(20)19-7-4-6-18(22)14-19;/h3-8,13-14,16,20H,9-12,15H2,1-2H3;1H/t16-,20?;/m0./s1. The van der Waals surface area contributed by atoms with Crippen LogP contribution in [0, 0.1) is 5.82 Å². The molecule has 0 spiro atoms. The van der Waals surface area contributed by atoms with E-state index in [1.54, 1.807) is 19.2 Å². The van der Waals surface area contributed by atoms with Crippen molar-refractivity contribution >= 4 is 18.1 Å². The Morgan fingerprint density at radius 1 is 1.23 bits per heavy atom. The number of nitrogens with zero attached hydrogens (tertiary/aromatic N) is 1. The van der Waals surface area contributed by atoms with Crippen LogP contribution in [0.2, 0.25) is 0 Å². The van der Waals surface area contributed by atoms with E-state index in [2.05, 4.69) is 24.0 Å². The maximum absolute atomic E-state index is 13.6. The molecule has 2 aromatic carbocycles. The predicted octanol–water partition coefficient (Wildman–Crippen LogP) is 5.05. The highest BCUT2D eigenvalue weighted by Gasteiger charge is 2.24. The van der Waals surface area contributed by atoms with Gasteiger partial charge in [-0.3, -0.25) is 0 Å². The molecule has 2 aromatic rings. The Balaban J connectivity index is 0.00000243. The van der Waals surface area contributed by atoms with Crippen LogP contribution in [-0.4, -0.2) is 32.9 Å². The SMILES string of the molecule is COc1cccc([C@@H](C)CCC2COCCN2c2cccc(F)c2)c1.Cl. The van der Waals surface area contributed by atoms with E-state index >= 15 is 0 Å². The van der Waals surface area contributed by atoms with Gasteiger partial charge in [0.2, 0.25) is 0 Å². The zero-order valence-electron chi connectivity index (χ0n) is 15.4. The molecule has 2 atom stereocenters. The average Bonchev–Trinajstić information content (AvgIpc) is 2.66. The summed E-state index contributed by atoms with van der Waals surface area (Å²) in [4.78, 5) is 2.28. The molecule has 1 fully saturated rings. The van der Waals surface area contributed by atoms with Gasteiger partial charge in [-0.1, -0.05) is 25.1 Å². The van der Waals surface area contributed by atoms with Gasteiger partial charge >= 0.3 is 0 Å². The fourth-order valence-electron chi connectivity index (χ4n) is 3.45. The molecule has 0 N–H and O–H groups in total. The van der Waals surface area contributed by atoms with E-state index in [1.165, 1.54) is 11.6 Å². The Kier molecular flexibility index (Phi) is 7.73. The van der Waals surface area contributed by atoms with Crippen molar-refractivity contribution in [3.63, 3.8) is 0 Å². The lowest BCUT2D eigenvalue weighted by atomic mass is 9.93. The van der Waals surface area contributed by atoms with Crippen LogP contribution in [0.15, 0.2) is 48.5 Å². The lowest BCUT2D eigenvalue weighted by Crippen LogP contribution is -2.45. The Morgan fingerprint density at radius 3 is 2.81 bits per heavy atom. The highest BCUT2D eigenvalue weighted by atomic mass is 35.5. The highest BCUT2D eigenvalue weighted by molar-refractivity contribution is 5.85. The molecule has 3 nitrogen and oxygen atoms in total. The van der Waals surface area contributed by atoms with E-state index in [1.807, 2.05) is 18.2 Å². The summed E-state index contributed by atoms with van der Waals surface area (Å²) >= 11 is 0. The third-order valence-corrected chi connectivity index (χ3v) is 4.96. The molecule has 5 heteroatoms. The van der Waals surface area contributed by atoms with Crippen molar-refractivity contribution in [2.24, 2.45) is 0 Å². The lowest BCUT2D eigenvalue weighted by Gasteiger charge is -2.38. The van der Waals surface area contributed by atoms with Crippen molar-refractivity contribution in [2.75, 3.05) is 31.8 Å². The number of ether oxygens (including phenoxy) is 2. The Morgan fingerprint density at radius 2 is 2.04 bits per heavy atom. The molecule has 0 aromatic heterocycles. The molecular formula is C21H27ClFNO2. The van der Waals surface area contributed by atoms with Crippen LogP contribution in [0.1, 0.15) is 31.2 Å². The molecule has 1 saturated heterocycles. The first-order chi connectivity index (χ1) is 12.2. The first-order valence-corrected chi connectivity index (χ1v) is 8.91. The first kappa shape index (κ1) is 20.5. The topological polar surface area (TPSA) is 21.7 Å². The van der Waals surface area contributed by atoms with E-state index in [0.717, 1.165) is 30.8 Å². The Bertz CT molecular complexity index is 697. The summed E-state index contributed by atoms with van der Waals surface area (Å²) in [6.07, 6.45) is 2.06. The van der Waals surface area contributed by atoms with Crippen LogP contribution in [0.25, 0.3) is 0 Å². The predicted molar refractivity (Wildman–Crippen MR) is 106 cm³/mol. The maximum atomic E-state index is 13.6. The van der Waals surface area contributed by atoms with Crippen LogP contribution in [-0.2, 0) is 4.74 Å². The van der Waals surface area contributed by atoms with Gasteiger partial charge in [0.05, 0.1) is 26.4 Å². The molecule has 1 heterocycles. The largest absolute Gasteiger partial charge is 0.497 e. The minimum Gasteiger partial charge on any atom is -0.497 e. The van der Waals surface area contributed by atoms with Crippen molar-refractivity contribution in [2.45, 2.75) is 31.7 Å². The number of rotatable bonds is 6. The second kappa shape index (κ2) is 9.79. The summed E-state index contributed by atoms with van der Waals surface area (Å²) < 4.78 is 24.6. The number of hydrogen-bond acceptors (Lipinski definition) is 3. The quantitative estimate of drug-likeness (QED) is 0.701. The van der Waals surface area contributed by atoms with E-state index in [0.29, 0.717) is 19.1 Å². The van der Waals surface area contributed by atoms with Crippen molar-refractivity contribution in [3.8, 4) is 5.75 Å². The van der Waals surface area contributed by atoms with Crippen molar-refractivity contribution < 1.29 is 13.9 Å². The van der Waals surface area contributed by atoms with Gasteiger partial charge in [-0.2, -0.15) is 0 Å². The van der Waals surface area contributed by atoms with Gasteiger partial charge in [0, 0.05) is 12.2 Å². The third kappa shape index (κ3) is 5.12. The van der Waals surface area contributed by atoms with E-state index < -0.39 is 0 Å². The summed E-state index contributed by atoms with van der Waals surface area (Å²) in [6.45, 7) is 4.44. The van der Waals surface area contributed by atoms with Crippen LogP contribution in [0.4, 0.5) is 10.1 Å². The molecule has 0 radical (unpaired) electrons. The molecule has 3 rings (SSSR count). The van der Waals surface area contributed by atoms with Crippen LogP contribution in [0.5, 0.6) is 5.75 Å². The molecule has 0 saturated carbocycles. The van der Waals surface area contributed by atoms with Gasteiger partial charge in [-0.05, 0) is 54.7 Å². The van der Waals surface area contributed by atoms with Gasteiger partial charge in [0.25, 0.3) is 0 Å². The summed E-state index contributed by atoms with van der Waals surface area (Å²) in [7, 11) is 1.69. The summed E-state index contributed by atoms with van der Waals surface area (Å²) in [5.74, 6) is 1.14. The second-order valence-electron chi connectivity index (χ2n) is 6.66. The fourth-order valence-corrected chi connectivity index (χ4v) is 3.45. The second-order valence-corrected chi connectivity index (χ2v) is 6.66. The molecule has 142 valence electrons. The van der Waals surface area contributed by atoms with Crippen LogP contribution in [0.3, 0.4) is 0 Å². The van der Waals surface area contributed by atoms with Crippen molar-refractivity contribution in [1.29, 1.82) is 0 Å². The number of hydrogen-bond donors (Lipinski definition) is 0. The summed E-state index contributed by atoms with van der Waals surface area (Å²) in [6, 6.07) is 15.4. The number of benzene rings is 2. The zero-order valence-corrected chi connectivity index (χ0v) is 16.2. The molecule has 0 bridgehead atoms. The first-order valence-electron chi connectivity index (χ1n) is 8.91. The smallest absolute Gasteiger partial charge is 0.125 e. The monoisotopic (exact) mass is 379 g/mol. The molecule has 1 aliphatic rings. The lowest BCUT2D eigenvalue weighted by molar-refractivity contribution is 0.0904. The molecule has 26 heavy (non-hydrogen) atoms. The molecule has 0 amide bonds. The van der Waals surface area contributed by atoms with Crippen molar-refractivity contribution in [3.05, 3.63) is 59.9 Å².